The third-order valence-corrected chi connectivity index (χ3v) is 3.00. The molecule has 21 heavy (non-hydrogen) atoms. The van der Waals surface area contributed by atoms with Crippen molar-refractivity contribution < 1.29 is 14.7 Å². The molecule has 0 heterocycles. The Kier molecular flexibility index (Phi) is 5.49. The summed E-state index contributed by atoms with van der Waals surface area (Å²) in [5, 5.41) is 12.4. The minimum Gasteiger partial charge on any atom is -0.389 e. The van der Waals surface area contributed by atoms with Crippen molar-refractivity contribution in [2.75, 3.05) is 13.6 Å². The molecule has 0 aliphatic carbocycles. The fourth-order valence-corrected chi connectivity index (χ4v) is 2.12. The van der Waals surface area contributed by atoms with Crippen LogP contribution in [0.4, 0.5) is 0 Å². The number of carbonyl (C=O) groups excluding carboxylic acids is 2. The summed E-state index contributed by atoms with van der Waals surface area (Å²) in [6.45, 7) is 7.01. The van der Waals surface area contributed by atoms with Crippen molar-refractivity contribution in [2.24, 2.45) is 0 Å². The first-order valence-corrected chi connectivity index (χ1v) is 6.95. The number of aryl methyl sites for hydroxylation is 1. The molecule has 0 aliphatic heterocycles. The molecule has 1 unspecified atom stereocenters. The Morgan fingerprint density at radius 3 is 2.52 bits per heavy atom. The first-order valence-electron chi connectivity index (χ1n) is 6.95. The van der Waals surface area contributed by atoms with Crippen LogP contribution in [-0.2, 0) is 4.79 Å². The van der Waals surface area contributed by atoms with E-state index in [-0.39, 0.29) is 18.4 Å². The number of benzene rings is 1. The summed E-state index contributed by atoms with van der Waals surface area (Å²) in [4.78, 5) is 25.7. The van der Waals surface area contributed by atoms with Gasteiger partial charge in [0.2, 0.25) is 5.91 Å². The number of nitrogens with one attached hydrogen (secondary N) is 1. The molecule has 1 aromatic rings. The van der Waals surface area contributed by atoms with E-state index in [0.29, 0.717) is 5.56 Å². The quantitative estimate of drug-likeness (QED) is 0.860. The van der Waals surface area contributed by atoms with Crippen LogP contribution >= 0.6 is 0 Å². The van der Waals surface area contributed by atoms with E-state index in [1.807, 2.05) is 13.0 Å². The summed E-state index contributed by atoms with van der Waals surface area (Å²) in [6, 6.07) is 6.54. The van der Waals surface area contributed by atoms with Gasteiger partial charge in [0.05, 0.1) is 5.60 Å². The lowest BCUT2D eigenvalue weighted by Crippen LogP contribution is -2.49. The largest absolute Gasteiger partial charge is 0.389 e. The minimum atomic E-state index is -0.968. The van der Waals surface area contributed by atoms with Crippen molar-refractivity contribution >= 4 is 11.8 Å². The molecule has 5 heteroatoms. The highest BCUT2D eigenvalue weighted by Gasteiger charge is 2.24. The van der Waals surface area contributed by atoms with Crippen molar-refractivity contribution in [3.05, 3.63) is 35.4 Å². The van der Waals surface area contributed by atoms with Crippen LogP contribution in [0.1, 0.15) is 36.7 Å². The molecule has 0 aliphatic rings. The first kappa shape index (κ1) is 17.2. The highest BCUT2D eigenvalue weighted by atomic mass is 16.3. The molecule has 0 saturated carbocycles. The highest BCUT2D eigenvalue weighted by molar-refractivity contribution is 5.97. The molecule has 2 N–H and O–H groups in total. The molecule has 0 bridgehead atoms. The lowest BCUT2D eigenvalue weighted by Gasteiger charge is -2.28. The molecular formula is C16H24N2O3. The van der Waals surface area contributed by atoms with Crippen LogP contribution in [0.15, 0.2) is 24.3 Å². The van der Waals surface area contributed by atoms with Gasteiger partial charge in [-0.25, -0.2) is 0 Å². The van der Waals surface area contributed by atoms with Crippen molar-refractivity contribution in [2.45, 2.75) is 39.3 Å². The number of carbonyl (C=O) groups is 2. The fourth-order valence-electron chi connectivity index (χ4n) is 2.12. The summed E-state index contributed by atoms with van der Waals surface area (Å²) in [5.41, 5.74) is 0.547. The average molecular weight is 292 g/mol. The SMILES string of the molecule is Cc1cccc(C(=O)NC(C)C(=O)N(C)CC(C)(C)O)c1. The van der Waals surface area contributed by atoms with Gasteiger partial charge in [-0.2, -0.15) is 0 Å². The van der Waals surface area contributed by atoms with E-state index < -0.39 is 11.6 Å². The van der Waals surface area contributed by atoms with Gasteiger partial charge < -0.3 is 15.3 Å². The van der Waals surface area contributed by atoms with Crippen LogP contribution in [0.2, 0.25) is 0 Å². The molecule has 0 radical (unpaired) electrons. The van der Waals surface area contributed by atoms with Crippen LogP contribution in [0, 0.1) is 6.92 Å². The van der Waals surface area contributed by atoms with E-state index in [4.69, 9.17) is 0 Å². The van der Waals surface area contributed by atoms with E-state index in [1.165, 1.54) is 4.90 Å². The number of amides is 2. The van der Waals surface area contributed by atoms with Crippen molar-refractivity contribution in [3.63, 3.8) is 0 Å². The van der Waals surface area contributed by atoms with Gasteiger partial charge in [0.1, 0.15) is 6.04 Å². The summed E-state index contributed by atoms with van der Waals surface area (Å²) in [5.74, 6) is -0.519. The molecule has 116 valence electrons. The second kappa shape index (κ2) is 6.72. The average Bonchev–Trinajstić information content (AvgIpc) is 2.35. The standard InChI is InChI=1S/C16H24N2O3/c1-11-7-6-8-13(9-11)14(19)17-12(2)15(20)18(5)10-16(3,4)21/h6-9,12,21H,10H2,1-5H3,(H,17,19). The Morgan fingerprint density at radius 1 is 1.38 bits per heavy atom. The molecule has 1 atom stereocenters. The molecule has 0 spiro atoms. The number of likely N-dealkylation sites (N-methyl/N-ethyl adjacent to an activating group) is 1. The van der Waals surface area contributed by atoms with Gasteiger partial charge in [-0.3, -0.25) is 9.59 Å². The minimum absolute atomic E-state index is 0.205. The van der Waals surface area contributed by atoms with E-state index >= 15 is 0 Å². The monoisotopic (exact) mass is 292 g/mol. The normalized spacial score (nSPS) is 12.7. The summed E-state index contributed by atoms with van der Waals surface area (Å²) in [7, 11) is 1.61. The summed E-state index contributed by atoms with van der Waals surface area (Å²) < 4.78 is 0. The van der Waals surface area contributed by atoms with E-state index in [1.54, 1.807) is 46.0 Å². The van der Waals surface area contributed by atoms with Gasteiger partial charge in [0, 0.05) is 19.2 Å². The molecular weight excluding hydrogens is 268 g/mol. The summed E-state index contributed by atoms with van der Waals surface area (Å²) >= 11 is 0. The van der Waals surface area contributed by atoms with E-state index in [2.05, 4.69) is 5.32 Å². The van der Waals surface area contributed by atoms with Crippen LogP contribution in [-0.4, -0.2) is 47.1 Å². The van der Waals surface area contributed by atoms with Crippen molar-refractivity contribution in [1.29, 1.82) is 0 Å². The molecule has 1 aromatic carbocycles. The van der Waals surface area contributed by atoms with Crippen molar-refractivity contribution in [3.8, 4) is 0 Å². The lowest BCUT2D eigenvalue weighted by atomic mass is 10.1. The Bertz CT molecular complexity index is 520. The lowest BCUT2D eigenvalue weighted by molar-refractivity contribution is -0.134. The van der Waals surface area contributed by atoms with Crippen LogP contribution < -0.4 is 5.32 Å². The topological polar surface area (TPSA) is 69.6 Å². The zero-order valence-electron chi connectivity index (χ0n) is 13.3. The van der Waals surface area contributed by atoms with Crippen LogP contribution in [0.3, 0.4) is 0 Å². The molecule has 1 rings (SSSR count). The van der Waals surface area contributed by atoms with E-state index in [9.17, 15) is 14.7 Å². The molecule has 0 aromatic heterocycles. The number of aliphatic hydroxyl groups is 1. The Balaban J connectivity index is 2.66. The predicted octanol–water partition coefficient (Wildman–Crippen LogP) is 1.34. The number of hydrogen-bond acceptors (Lipinski definition) is 3. The Hall–Kier alpha value is -1.88. The van der Waals surface area contributed by atoms with Gasteiger partial charge in [0.25, 0.3) is 5.91 Å². The van der Waals surface area contributed by atoms with Crippen LogP contribution in [0.25, 0.3) is 0 Å². The molecule has 5 nitrogen and oxygen atoms in total. The first-order chi connectivity index (χ1) is 9.60. The zero-order valence-corrected chi connectivity index (χ0v) is 13.3. The number of nitrogens with zero attached hydrogens (tertiary/aromatic N) is 1. The number of hydrogen-bond donors (Lipinski definition) is 2. The fraction of sp³-hybridized carbons (Fsp3) is 0.500. The summed E-state index contributed by atoms with van der Waals surface area (Å²) in [6.07, 6.45) is 0. The maximum atomic E-state index is 12.2. The van der Waals surface area contributed by atoms with E-state index in [0.717, 1.165) is 5.56 Å². The number of rotatable bonds is 5. The van der Waals surface area contributed by atoms with Gasteiger partial charge in [0.15, 0.2) is 0 Å². The maximum Gasteiger partial charge on any atom is 0.251 e. The van der Waals surface area contributed by atoms with Gasteiger partial charge in [-0.15, -0.1) is 0 Å². The zero-order chi connectivity index (χ0) is 16.2. The second-order valence-electron chi connectivity index (χ2n) is 6.07. The Labute approximate surface area is 126 Å². The maximum absolute atomic E-state index is 12.2. The molecule has 0 saturated heterocycles. The van der Waals surface area contributed by atoms with Gasteiger partial charge in [-0.1, -0.05) is 17.7 Å². The Morgan fingerprint density at radius 2 is 2.00 bits per heavy atom. The highest BCUT2D eigenvalue weighted by Crippen LogP contribution is 2.07. The molecule has 2 amide bonds. The molecule has 0 fully saturated rings. The third kappa shape index (κ3) is 5.55. The predicted molar refractivity (Wildman–Crippen MR) is 82.0 cm³/mol. The van der Waals surface area contributed by atoms with Gasteiger partial charge >= 0.3 is 0 Å². The van der Waals surface area contributed by atoms with Crippen LogP contribution in [0.5, 0.6) is 0 Å². The third-order valence-electron chi connectivity index (χ3n) is 3.00. The van der Waals surface area contributed by atoms with Crippen molar-refractivity contribution in [1.82, 2.24) is 10.2 Å². The second-order valence-corrected chi connectivity index (χ2v) is 6.07. The smallest absolute Gasteiger partial charge is 0.251 e. The van der Waals surface area contributed by atoms with Gasteiger partial charge in [-0.05, 0) is 39.8 Å².